The Morgan fingerprint density at radius 3 is 2.67 bits per heavy atom. The fourth-order valence-corrected chi connectivity index (χ4v) is 1.73. The highest BCUT2D eigenvalue weighted by Gasteiger charge is 2.11. The van der Waals surface area contributed by atoms with E-state index in [1.165, 1.54) is 0 Å². The van der Waals surface area contributed by atoms with E-state index in [1.807, 2.05) is 13.0 Å². The van der Waals surface area contributed by atoms with E-state index in [1.54, 1.807) is 7.11 Å². The third-order valence-corrected chi connectivity index (χ3v) is 2.62. The molecule has 1 aromatic rings. The van der Waals surface area contributed by atoms with Crippen molar-refractivity contribution in [3.63, 3.8) is 0 Å². The number of rotatable bonds is 7. The van der Waals surface area contributed by atoms with Crippen LogP contribution in [0.15, 0.2) is 6.07 Å². The second kappa shape index (κ2) is 7.28. The predicted octanol–water partition coefficient (Wildman–Crippen LogP) is 1.68. The molecule has 1 atom stereocenters. The molecule has 18 heavy (non-hydrogen) atoms. The van der Waals surface area contributed by atoms with Gasteiger partial charge in [-0.3, -0.25) is 0 Å². The van der Waals surface area contributed by atoms with Gasteiger partial charge in [-0.1, -0.05) is 13.8 Å². The highest BCUT2D eigenvalue weighted by molar-refractivity contribution is 5.37. The molecule has 0 radical (unpaired) electrons. The minimum absolute atomic E-state index is 0.189. The van der Waals surface area contributed by atoms with Crippen LogP contribution in [0.3, 0.4) is 0 Å². The maximum Gasteiger partial charge on any atom is 0.133 e. The number of aromatic nitrogens is 2. The van der Waals surface area contributed by atoms with Crippen LogP contribution in [0, 0.1) is 6.92 Å². The number of nitrogens with zero attached hydrogens (tertiary/aromatic N) is 2. The second-order valence-corrected chi connectivity index (χ2v) is 4.78. The Morgan fingerprint density at radius 1 is 1.39 bits per heavy atom. The van der Waals surface area contributed by atoms with Crippen LogP contribution in [0.5, 0.6) is 0 Å². The molecule has 0 bridgehead atoms. The number of anilines is 1. The number of ether oxygens (including phenoxy) is 1. The molecule has 0 aliphatic heterocycles. The fraction of sp³-hybridized carbons (Fsp3) is 0.692. The third-order valence-electron chi connectivity index (χ3n) is 2.62. The van der Waals surface area contributed by atoms with Crippen LogP contribution in [-0.4, -0.2) is 36.3 Å². The van der Waals surface area contributed by atoms with Crippen LogP contribution >= 0.6 is 0 Å². The first-order valence-corrected chi connectivity index (χ1v) is 6.38. The zero-order valence-electron chi connectivity index (χ0n) is 11.7. The summed E-state index contributed by atoms with van der Waals surface area (Å²) in [5.74, 6) is 2.03. The minimum atomic E-state index is 0.189. The Kier molecular flexibility index (Phi) is 6.01. The second-order valence-electron chi connectivity index (χ2n) is 4.78. The first-order valence-electron chi connectivity index (χ1n) is 6.38. The quantitative estimate of drug-likeness (QED) is 0.772. The molecule has 1 rings (SSSR count). The first-order chi connectivity index (χ1) is 8.56. The summed E-state index contributed by atoms with van der Waals surface area (Å²) in [4.78, 5) is 8.94. The van der Waals surface area contributed by atoms with Gasteiger partial charge in [0.1, 0.15) is 11.6 Å². The molecule has 3 N–H and O–H groups in total. The molecule has 5 nitrogen and oxygen atoms in total. The van der Waals surface area contributed by atoms with Crippen LogP contribution in [0.4, 0.5) is 5.82 Å². The monoisotopic (exact) mass is 252 g/mol. The fourth-order valence-electron chi connectivity index (χ4n) is 1.73. The smallest absolute Gasteiger partial charge is 0.133 e. The Labute approximate surface area is 109 Å². The van der Waals surface area contributed by atoms with Crippen LogP contribution in [0.25, 0.3) is 0 Å². The summed E-state index contributed by atoms with van der Waals surface area (Å²) >= 11 is 0. The van der Waals surface area contributed by atoms with Crippen LogP contribution < -0.4 is 11.1 Å². The molecule has 0 amide bonds. The lowest BCUT2D eigenvalue weighted by molar-refractivity contribution is 0.183. The normalized spacial score (nSPS) is 12.8. The van der Waals surface area contributed by atoms with E-state index in [4.69, 9.17) is 10.5 Å². The molecule has 1 aromatic heterocycles. The van der Waals surface area contributed by atoms with Crippen molar-refractivity contribution in [3.05, 3.63) is 17.6 Å². The lowest BCUT2D eigenvalue weighted by Crippen LogP contribution is -2.28. The van der Waals surface area contributed by atoms with E-state index in [0.717, 1.165) is 23.8 Å². The molecule has 0 saturated carbocycles. The van der Waals surface area contributed by atoms with Gasteiger partial charge in [-0.2, -0.15) is 0 Å². The maximum absolute atomic E-state index is 5.59. The van der Waals surface area contributed by atoms with E-state index in [0.29, 0.717) is 19.1 Å². The number of nitrogens with one attached hydrogen (secondary N) is 1. The molecule has 0 aromatic carbocycles. The molecule has 0 aliphatic rings. The molecule has 5 heteroatoms. The van der Waals surface area contributed by atoms with Gasteiger partial charge in [0.15, 0.2) is 0 Å². The Bertz CT molecular complexity index is 362. The van der Waals surface area contributed by atoms with E-state index in [9.17, 15) is 0 Å². The molecule has 102 valence electrons. The topological polar surface area (TPSA) is 73.1 Å². The molecule has 0 saturated heterocycles. The van der Waals surface area contributed by atoms with E-state index < -0.39 is 0 Å². The molecule has 1 unspecified atom stereocenters. The Morgan fingerprint density at radius 2 is 2.11 bits per heavy atom. The van der Waals surface area contributed by atoms with Gasteiger partial charge in [0.2, 0.25) is 0 Å². The van der Waals surface area contributed by atoms with Crippen molar-refractivity contribution >= 4 is 5.82 Å². The van der Waals surface area contributed by atoms with Crippen molar-refractivity contribution in [2.45, 2.75) is 39.2 Å². The summed E-state index contributed by atoms with van der Waals surface area (Å²) < 4.78 is 5.18. The molecule has 1 heterocycles. The van der Waals surface area contributed by atoms with E-state index in [2.05, 4.69) is 29.1 Å². The summed E-state index contributed by atoms with van der Waals surface area (Å²) in [5, 5.41) is 3.36. The molecular formula is C13H24N4O. The van der Waals surface area contributed by atoms with Crippen molar-refractivity contribution < 1.29 is 4.74 Å². The lowest BCUT2D eigenvalue weighted by Gasteiger charge is -2.18. The lowest BCUT2D eigenvalue weighted by atomic mass is 10.2. The summed E-state index contributed by atoms with van der Waals surface area (Å²) in [6.07, 6.45) is 0.855. The minimum Gasteiger partial charge on any atom is -0.383 e. The van der Waals surface area contributed by atoms with Crippen molar-refractivity contribution in [3.8, 4) is 0 Å². The van der Waals surface area contributed by atoms with Crippen molar-refractivity contribution in [2.75, 3.05) is 25.6 Å². The average molecular weight is 252 g/mol. The largest absolute Gasteiger partial charge is 0.383 e. The predicted molar refractivity (Wildman–Crippen MR) is 73.8 cm³/mol. The van der Waals surface area contributed by atoms with Gasteiger partial charge >= 0.3 is 0 Å². The third kappa shape index (κ3) is 4.58. The molecule has 0 fully saturated rings. The number of hydrogen-bond acceptors (Lipinski definition) is 5. The van der Waals surface area contributed by atoms with Gasteiger partial charge in [0.05, 0.1) is 12.6 Å². The standard InChI is InChI=1S/C13H24N4O/c1-9(2)13-15-10(3)7-12(17-13)16-11(5-6-14)8-18-4/h7,9,11H,5-6,8,14H2,1-4H3,(H,15,16,17). The van der Waals surface area contributed by atoms with Crippen molar-refractivity contribution in [2.24, 2.45) is 5.73 Å². The van der Waals surface area contributed by atoms with Gasteiger partial charge in [-0.05, 0) is 19.9 Å². The average Bonchev–Trinajstić information content (AvgIpc) is 2.28. The van der Waals surface area contributed by atoms with Crippen LogP contribution in [-0.2, 0) is 4.74 Å². The van der Waals surface area contributed by atoms with E-state index in [-0.39, 0.29) is 6.04 Å². The molecule has 0 aliphatic carbocycles. The Hall–Kier alpha value is -1.20. The van der Waals surface area contributed by atoms with Gasteiger partial charge in [0.25, 0.3) is 0 Å². The summed E-state index contributed by atoms with van der Waals surface area (Å²) in [6, 6.07) is 2.14. The van der Waals surface area contributed by atoms with Gasteiger partial charge < -0.3 is 15.8 Å². The summed E-state index contributed by atoms with van der Waals surface area (Å²) in [5.41, 5.74) is 6.57. The zero-order chi connectivity index (χ0) is 13.5. The van der Waals surface area contributed by atoms with Gasteiger partial charge in [-0.25, -0.2) is 9.97 Å². The van der Waals surface area contributed by atoms with Crippen LogP contribution in [0.2, 0.25) is 0 Å². The number of methoxy groups -OCH3 is 1. The highest BCUT2D eigenvalue weighted by Crippen LogP contribution is 2.14. The Balaban J connectivity index is 2.81. The summed E-state index contributed by atoms with van der Waals surface area (Å²) in [6.45, 7) is 7.41. The SMILES string of the molecule is COCC(CCN)Nc1cc(C)nc(C(C)C)n1. The van der Waals surface area contributed by atoms with Gasteiger partial charge in [-0.15, -0.1) is 0 Å². The first kappa shape index (κ1) is 14.9. The van der Waals surface area contributed by atoms with Gasteiger partial charge in [0, 0.05) is 24.8 Å². The summed E-state index contributed by atoms with van der Waals surface area (Å²) in [7, 11) is 1.69. The molecule has 0 spiro atoms. The maximum atomic E-state index is 5.59. The number of hydrogen-bond donors (Lipinski definition) is 2. The highest BCUT2D eigenvalue weighted by atomic mass is 16.5. The number of nitrogens with two attached hydrogens (primary N) is 1. The molecular weight excluding hydrogens is 228 g/mol. The van der Waals surface area contributed by atoms with E-state index >= 15 is 0 Å². The van der Waals surface area contributed by atoms with Crippen LogP contribution in [0.1, 0.15) is 37.7 Å². The van der Waals surface area contributed by atoms with Crippen molar-refractivity contribution in [1.29, 1.82) is 0 Å². The number of aryl methyl sites for hydroxylation is 1. The van der Waals surface area contributed by atoms with Crippen molar-refractivity contribution in [1.82, 2.24) is 9.97 Å². The zero-order valence-corrected chi connectivity index (χ0v) is 11.7.